The molecule has 0 radical (unpaired) electrons. The lowest BCUT2D eigenvalue weighted by Crippen LogP contribution is -2.64. The van der Waals surface area contributed by atoms with E-state index in [1.54, 1.807) is 0 Å². The van der Waals surface area contributed by atoms with Crippen molar-refractivity contribution in [2.24, 2.45) is 0 Å². The minimum Gasteiger partial charge on any atom is -0.410 e. The molecule has 2 atom stereocenters. The molecule has 4 aromatic carbocycles. The fraction of sp³-hybridized carbons (Fsp3) is 0.455. The zero-order valence-electron chi connectivity index (χ0n) is 33.4. The molecule has 50 heavy (non-hydrogen) atoms. The van der Waals surface area contributed by atoms with Crippen LogP contribution in [0.2, 0.25) is 36.3 Å². The van der Waals surface area contributed by atoms with Crippen LogP contribution in [-0.2, 0) is 8.85 Å². The highest BCUT2D eigenvalue weighted by Gasteiger charge is 2.56. The summed E-state index contributed by atoms with van der Waals surface area (Å²) in [6.45, 7) is 33.9. The van der Waals surface area contributed by atoms with Crippen LogP contribution in [0.4, 0.5) is 0 Å². The highest BCUT2D eigenvalue weighted by Crippen LogP contribution is 2.59. The van der Waals surface area contributed by atoms with Crippen LogP contribution in [0, 0.1) is 0 Å². The summed E-state index contributed by atoms with van der Waals surface area (Å²) in [5.74, 6) is 0. The molecule has 0 aliphatic rings. The maximum absolute atomic E-state index is 7.98. The van der Waals surface area contributed by atoms with E-state index in [-0.39, 0.29) is 32.6 Å². The molecule has 6 heteroatoms. The van der Waals surface area contributed by atoms with Gasteiger partial charge in [0.05, 0.1) is 12.2 Å². The van der Waals surface area contributed by atoms with Crippen molar-refractivity contribution in [1.82, 2.24) is 0 Å². The van der Waals surface area contributed by atoms with E-state index in [1.165, 1.54) is 21.2 Å². The van der Waals surface area contributed by atoms with Gasteiger partial charge in [0.2, 0.25) is 0 Å². The lowest BCUT2D eigenvalue weighted by molar-refractivity contribution is 0.000219. The van der Waals surface area contributed by atoms with Crippen molar-refractivity contribution in [3.8, 4) is 0 Å². The molecule has 0 spiro atoms. The van der Waals surface area contributed by atoms with Crippen molar-refractivity contribution in [3.05, 3.63) is 121 Å². The van der Waals surface area contributed by atoms with Gasteiger partial charge in [-0.25, -0.2) is 0 Å². The maximum Gasteiger partial charge on any atom is 0.192 e. The molecule has 0 aliphatic carbocycles. The molecule has 270 valence electrons. The molecule has 0 aromatic heterocycles. The van der Waals surface area contributed by atoms with E-state index in [0.29, 0.717) is 0 Å². The fourth-order valence-electron chi connectivity index (χ4n) is 6.33. The second kappa shape index (κ2) is 15.6. The summed E-state index contributed by atoms with van der Waals surface area (Å²) in [5, 5.41) is 4.95. The van der Waals surface area contributed by atoms with Gasteiger partial charge in [0, 0.05) is 10.3 Å². The first kappa shape index (κ1) is 40.9. The number of hydrogen-bond acceptors (Lipinski definition) is 2. The second-order valence-corrected chi connectivity index (χ2v) is 33.1. The van der Waals surface area contributed by atoms with Crippen molar-refractivity contribution in [2.75, 3.05) is 0 Å². The summed E-state index contributed by atoms with van der Waals surface area (Å²) in [6, 6.07) is 44.8. The highest BCUT2D eigenvalue weighted by molar-refractivity contribution is 7.75. The van der Waals surface area contributed by atoms with Crippen molar-refractivity contribution in [1.29, 1.82) is 0 Å². The van der Waals surface area contributed by atoms with Crippen LogP contribution in [0.5, 0.6) is 0 Å². The number of benzene rings is 4. The molecule has 0 saturated carbocycles. The second-order valence-electron chi connectivity index (χ2n) is 17.9. The Balaban J connectivity index is 2.09. The summed E-state index contributed by atoms with van der Waals surface area (Å²) in [6.07, 6.45) is -0.368. The van der Waals surface area contributed by atoms with Crippen LogP contribution >= 0.6 is 15.8 Å². The third-order valence-corrected chi connectivity index (χ3v) is 26.3. The molecule has 2 nitrogen and oxygen atoms in total. The summed E-state index contributed by atoms with van der Waals surface area (Å²) in [7, 11) is -6.38. The van der Waals surface area contributed by atoms with Crippen LogP contribution in [0.3, 0.4) is 0 Å². The zero-order chi connectivity index (χ0) is 37.2. The zero-order valence-corrected chi connectivity index (χ0v) is 37.2. The summed E-state index contributed by atoms with van der Waals surface area (Å²) >= 11 is 0. The van der Waals surface area contributed by atoms with Crippen LogP contribution < -0.4 is 21.2 Å². The molecule has 4 rings (SSSR count). The van der Waals surface area contributed by atoms with Gasteiger partial charge in [-0.05, 0) is 73.3 Å². The van der Waals surface area contributed by atoms with Gasteiger partial charge >= 0.3 is 0 Å². The van der Waals surface area contributed by atoms with Crippen molar-refractivity contribution < 1.29 is 8.85 Å². The van der Waals surface area contributed by atoms with Gasteiger partial charge in [-0.3, -0.25) is 0 Å². The smallest absolute Gasteiger partial charge is 0.192 e. The Labute approximate surface area is 310 Å². The van der Waals surface area contributed by atoms with E-state index in [1.807, 2.05) is 0 Å². The van der Waals surface area contributed by atoms with Crippen LogP contribution in [0.25, 0.3) is 0 Å². The van der Waals surface area contributed by atoms with Crippen LogP contribution in [0.1, 0.15) is 69.2 Å². The fourth-order valence-corrected chi connectivity index (χ4v) is 15.4. The molecular weight excluding hydrogens is 679 g/mol. The lowest BCUT2D eigenvalue weighted by atomic mass is 9.92. The molecule has 0 unspecified atom stereocenters. The Bertz CT molecular complexity index is 1420. The Morgan fingerprint density at radius 3 is 0.760 bits per heavy atom. The Morgan fingerprint density at radius 1 is 0.380 bits per heavy atom. The molecule has 0 fully saturated rings. The average molecular weight is 743 g/mol. The van der Waals surface area contributed by atoms with E-state index in [0.717, 1.165) is 0 Å². The van der Waals surface area contributed by atoms with Crippen LogP contribution in [0.15, 0.2) is 121 Å². The molecule has 4 aromatic rings. The normalized spacial score (nSPS) is 15.0. The van der Waals surface area contributed by atoms with Gasteiger partial charge in [0.25, 0.3) is 0 Å². The molecule has 0 N–H and O–H groups in total. The topological polar surface area (TPSA) is 18.5 Å². The third-order valence-electron chi connectivity index (χ3n) is 11.3. The van der Waals surface area contributed by atoms with Gasteiger partial charge in [-0.1, -0.05) is 191 Å². The van der Waals surface area contributed by atoms with Crippen molar-refractivity contribution in [3.63, 3.8) is 0 Å². The maximum atomic E-state index is 7.98. The Hall–Kier alpha value is -1.91. The van der Waals surface area contributed by atoms with E-state index in [9.17, 15) is 0 Å². The first-order valence-corrected chi connectivity index (χ1v) is 26.8. The molecular formula is C44H64O2P2Si2. The quantitative estimate of drug-likeness (QED) is 0.100. The monoisotopic (exact) mass is 742 g/mol. The standard InChI is InChI=1S/C44H64O2P2Si2/c1-41(2,3)49(11,12)45-39(43(7,8)47(35-27-19-15-20-28-35)36-29-21-16-22-30-36)40(46-50(13,14)42(4,5)6)44(9,10)48(37-31-23-17-24-32-37)38-33-25-18-26-34-38/h15-34,39-40H,1-14H3/t39-,40-/m0/s1. The van der Waals surface area contributed by atoms with E-state index < -0.39 is 32.5 Å². The van der Waals surface area contributed by atoms with Gasteiger partial charge < -0.3 is 8.85 Å². The summed E-state index contributed by atoms with van der Waals surface area (Å²) in [4.78, 5) is 0. The lowest BCUT2D eigenvalue weighted by Gasteiger charge is -2.56. The van der Waals surface area contributed by atoms with Gasteiger partial charge in [0.15, 0.2) is 16.6 Å². The van der Waals surface area contributed by atoms with Gasteiger partial charge in [-0.2, -0.15) is 0 Å². The SMILES string of the molecule is CC(C)([C@@H](O[Si](C)(C)C(C)(C)C)[C@H](O[Si](C)(C)C(C)(C)C)C(C)(C)P(c1ccccc1)c1ccccc1)P(c1ccccc1)c1ccccc1. The van der Waals surface area contributed by atoms with Gasteiger partial charge in [-0.15, -0.1) is 0 Å². The minimum atomic E-state index is -2.33. The molecule has 0 aliphatic heterocycles. The minimum absolute atomic E-state index is 0.0266. The predicted molar refractivity (Wildman–Crippen MR) is 230 cm³/mol. The molecule has 0 amide bonds. The van der Waals surface area contributed by atoms with E-state index in [2.05, 4.69) is 217 Å². The molecule has 0 bridgehead atoms. The third kappa shape index (κ3) is 8.99. The van der Waals surface area contributed by atoms with E-state index >= 15 is 0 Å². The Kier molecular flexibility index (Phi) is 12.7. The number of rotatable bonds is 13. The Morgan fingerprint density at radius 2 is 0.580 bits per heavy atom. The predicted octanol–water partition coefficient (Wildman–Crippen LogP) is 11.6. The molecule has 0 saturated heterocycles. The van der Waals surface area contributed by atoms with Crippen molar-refractivity contribution >= 4 is 53.7 Å². The summed E-state index contributed by atoms with van der Waals surface area (Å²) in [5.41, 5.74) is 0. The number of hydrogen-bond donors (Lipinski definition) is 0. The first-order chi connectivity index (χ1) is 23.1. The highest BCUT2D eigenvalue weighted by atomic mass is 31.1. The van der Waals surface area contributed by atoms with Gasteiger partial charge in [0.1, 0.15) is 0 Å². The first-order valence-electron chi connectivity index (χ1n) is 18.3. The summed E-state index contributed by atoms with van der Waals surface area (Å²) < 4.78 is 16.0. The van der Waals surface area contributed by atoms with E-state index in [4.69, 9.17) is 8.85 Å². The van der Waals surface area contributed by atoms with Crippen molar-refractivity contribution in [2.45, 2.75) is 128 Å². The average Bonchev–Trinajstić information content (AvgIpc) is 3.03. The molecule has 0 heterocycles. The van der Waals surface area contributed by atoms with Crippen LogP contribution in [-0.4, -0.2) is 39.2 Å². The largest absolute Gasteiger partial charge is 0.410 e.